The number of hydrogen-bond acceptors (Lipinski definition) is 3. The van der Waals surface area contributed by atoms with Crippen molar-refractivity contribution in [2.75, 3.05) is 19.7 Å². The summed E-state index contributed by atoms with van der Waals surface area (Å²) in [6.45, 7) is 3.09. The number of pyridine rings is 1. The number of hydrogen-bond donors (Lipinski definition) is 0. The van der Waals surface area contributed by atoms with Crippen molar-refractivity contribution >= 4 is 0 Å². The second-order valence-corrected chi connectivity index (χ2v) is 9.92. The third-order valence-electron chi connectivity index (χ3n) is 7.90. The normalized spacial score (nSPS) is 25.7. The first kappa shape index (κ1) is 21.9. The van der Waals surface area contributed by atoms with Gasteiger partial charge in [-0.15, -0.1) is 0 Å². The fraction of sp³-hybridized carbons (Fsp3) is 0.577. The number of halogens is 3. The first-order chi connectivity index (χ1) is 15.4. The maximum absolute atomic E-state index is 13.2. The van der Waals surface area contributed by atoms with Gasteiger partial charge < -0.3 is 4.74 Å². The van der Waals surface area contributed by atoms with Crippen LogP contribution in [0.5, 0.6) is 0 Å². The molecule has 1 saturated heterocycles. The molecule has 3 aliphatic rings. The lowest BCUT2D eigenvalue weighted by Gasteiger charge is -2.47. The van der Waals surface area contributed by atoms with Crippen LogP contribution in [0.1, 0.15) is 67.3 Å². The molecule has 3 nitrogen and oxygen atoms in total. The number of nitrogens with zero attached hydrogens (tertiary/aromatic N) is 2. The summed E-state index contributed by atoms with van der Waals surface area (Å²) in [5.74, 6) is 0. The highest BCUT2D eigenvalue weighted by Crippen LogP contribution is 2.49. The Morgan fingerprint density at radius 3 is 2.62 bits per heavy atom. The predicted molar refractivity (Wildman–Crippen MR) is 117 cm³/mol. The van der Waals surface area contributed by atoms with Crippen LogP contribution in [0.3, 0.4) is 0 Å². The molecule has 1 aliphatic carbocycles. The molecule has 0 bridgehead atoms. The lowest BCUT2D eigenvalue weighted by atomic mass is 9.67. The molecule has 2 fully saturated rings. The number of alkyl halides is 3. The largest absolute Gasteiger partial charge is 0.416 e. The minimum Gasteiger partial charge on any atom is -0.375 e. The fourth-order valence-corrected chi connectivity index (χ4v) is 6.15. The molecule has 0 N–H and O–H groups in total. The fourth-order valence-electron chi connectivity index (χ4n) is 6.15. The van der Waals surface area contributed by atoms with E-state index in [1.807, 2.05) is 12.3 Å². The first-order valence-corrected chi connectivity index (χ1v) is 11.8. The molecule has 5 rings (SSSR count). The van der Waals surface area contributed by atoms with Crippen LogP contribution in [-0.2, 0) is 29.3 Å². The van der Waals surface area contributed by atoms with E-state index in [4.69, 9.17) is 9.72 Å². The average Bonchev–Trinajstić information content (AvgIpc) is 3.24. The van der Waals surface area contributed by atoms with Crippen LogP contribution in [-0.4, -0.2) is 35.2 Å². The Labute approximate surface area is 188 Å². The van der Waals surface area contributed by atoms with Gasteiger partial charge in [-0.3, -0.25) is 9.88 Å². The van der Waals surface area contributed by atoms with Crippen molar-refractivity contribution < 1.29 is 17.9 Å². The van der Waals surface area contributed by atoms with E-state index in [9.17, 15) is 13.2 Å². The molecule has 0 amide bonds. The van der Waals surface area contributed by atoms with Crippen molar-refractivity contribution in [3.05, 3.63) is 65.0 Å². The molecule has 0 radical (unpaired) electrons. The van der Waals surface area contributed by atoms with Gasteiger partial charge in [0.15, 0.2) is 0 Å². The Hall–Kier alpha value is -1.92. The van der Waals surface area contributed by atoms with Gasteiger partial charge in [0.05, 0.1) is 11.2 Å². The SMILES string of the molecule is FC(F)(F)c1ccc2c(c1)CN(CCC1(c3ccccn3)CCOC3(CCCC3)C1)CC2. The summed E-state index contributed by atoms with van der Waals surface area (Å²) in [5, 5.41) is 0. The highest BCUT2D eigenvalue weighted by molar-refractivity contribution is 5.35. The van der Waals surface area contributed by atoms with Crippen molar-refractivity contribution in [1.29, 1.82) is 0 Å². The van der Waals surface area contributed by atoms with E-state index >= 15 is 0 Å². The minimum absolute atomic E-state index is 0.0219. The van der Waals surface area contributed by atoms with Crippen molar-refractivity contribution in [1.82, 2.24) is 9.88 Å². The summed E-state index contributed by atoms with van der Waals surface area (Å²) in [5.41, 5.74) is 2.41. The van der Waals surface area contributed by atoms with Crippen LogP contribution in [0.4, 0.5) is 13.2 Å². The Bertz CT molecular complexity index is 940. The second kappa shape index (κ2) is 8.45. The summed E-state index contributed by atoms with van der Waals surface area (Å²) in [6.07, 6.45) is 6.00. The number of aromatic nitrogens is 1. The summed E-state index contributed by atoms with van der Waals surface area (Å²) >= 11 is 0. The molecular weight excluding hydrogens is 413 g/mol. The Morgan fingerprint density at radius 1 is 1.03 bits per heavy atom. The molecule has 3 heterocycles. The molecule has 172 valence electrons. The van der Waals surface area contributed by atoms with Gasteiger partial charge in [0.2, 0.25) is 0 Å². The third kappa shape index (κ3) is 4.32. The first-order valence-electron chi connectivity index (χ1n) is 11.8. The van der Waals surface area contributed by atoms with E-state index in [0.717, 1.165) is 75.0 Å². The lowest BCUT2D eigenvalue weighted by Crippen LogP contribution is -2.48. The number of fused-ring (bicyclic) bond motifs is 1. The zero-order chi connectivity index (χ0) is 22.2. The van der Waals surface area contributed by atoms with E-state index in [0.29, 0.717) is 6.54 Å². The molecule has 1 atom stereocenters. The molecule has 1 spiro atoms. The maximum atomic E-state index is 13.2. The molecule has 2 aliphatic heterocycles. The highest BCUT2D eigenvalue weighted by Gasteiger charge is 2.48. The van der Waals surface area contributed by atoms with E-state index in [2.05, 4.69) is 17.0 Å². The van der Waals surface area contributed by atoms with Crippen LogP contribution in [0, 0.1) is 0 Å². The van der Waals surface area contributed by atoms with Gasteiger partial charge in [0.25, 0.3) is 0 Å². The van der Waals surface area contributed by atoms with Gasteiger partial charge >= 0.3 is 6.18 Å². The van der Waals surface area contributed by atoms with Crippen molar-refractivity contribution in [3.8, 4) is 0 Å². The Balaban J connectivity index is 1.35. The molecule has 1 unspecified atom stereocenters. The highest BCUT2D eigenvalue weighted by atomic mass is 19.4. The summed E-state index contributed by atoms with van der Waals surface area (Å²) < 4.78 is 45.9. The smallest absolute Gasteiger partial charge is 0.375 e. The molecule has 32 heavy (non-hydrogen) atoms. The Morgan fingerprint density at radius 2 is 1.88 bits per heavy atom. The van der Waals surface area contributed by atoms with Crippen molar-refractivity contribution in [2.45, 2.75) is 75.1 Å². The van der Waals surface area contributed by atoms with Gasteiger partial charge in [-0.1, -0.05) is 25.0 Å². The van der Waals surface area contributed by atoms with Gasteiger partial charge in [-0.05, 0) is 80.5 Å². The summed E-state index contributed by atoms with van der Waals surface area (Å²) in [6, 6.07) is 10.4. The van der Waals surface area contributed by atoms with Crippen molar-refractivity contribution in [3.63, 3.8) is 0 Å². The molecule has 6 heteroatoms. The van der Waals surface area contributed by atoms with Gasteiger partial charge in [-0.25, -0.2) is 0 Å². The van der Waals surface area contributed by atoms with Gasteiger partial charge in [-0.2, -0.15) is 13.2 Å². The van der Waals surface area contributed by atoms with Gasteiger partial charge in [0.1, 0.15) is 0 Å². The monoisotopic (exact) mass is 444 g/mol. The van der Waals surface area contributed by atoms with Crippen molar-refractivity contribution in [2.24, 2.45) is 0 Å². The molecular formula is C26H31F3N2O. The number of ether oxygens (including phenoxy) is 1. The quantitative estimate of drug-likeness (QED) is 0.586. The van der Waals surface area contributed by atoms with Crippen LogP contribution in [0.25, 0.3) is 0 Å². The second-order valence-electron chi connectivity index (χ2n) is 9.92. The number of benzene rings is 1. The van der Waals surface area contributed by atoms with Crippen LogP contribution in [0.15, 0.2) is 42.6 Å². The summed E-state index contributed by atoms with van der Waals surface area (Å²) in [4.78, 5) is 7.09. The van der Waals surface area contributed by atoms with Crippen LogP contribution >= 0.6 is 0 Å². The molecule has 1 aromatic carbocycles. The third-order valence-corrected chi connectivity index (χ3v) is 7.90. The lowest BCUT2D eigenvalue weighted by molar-refractivity contribution is -0.137. The maximum Gasteiger partial charge on any atom is 0.416 e. The average molecular weight is 445 g/mol. The molecule has 2 aromatic rings. The molecule has 1 aromatic heterocycles. The summed E-state index contributed by atoms with van der Waals surface area (Å²) in [7, 11) is 0. The Kier molecular flexibility index (Phi) is 5.79. The predicted octanol–water partition coefficient (Wildman–Crippen LogP) is 5.91. The minimum atomic E-state index is -4.29. The van der Waals surface area contributed by atoms with E-state index in [1.54, 1.807) is 6.07 Å². The van der Waals surface area contributed by atoms with Crippen LogP contribution in [0.2, 0.25) is 0 Å². The zero-order valence-electron chi connectivity index (χ0n) is 18.5. The van der Waals surface area contributed by atoms with Crippen LogP contribution < -0.4 is 0 Å². The van der Waals surface area contributed by atoms with E-state index in [-0.39, 0.29) is 11.0 Å². The zero-order valence-corrected chi connectivity index (χ0v) is 18.5. The van der Waals surface area contributed by atoms with Gasteiger partial charge in [0, 0.05) is 37.0 Å². The topological polar surface area (TPSA) is 25.4 Å². The van der Waals surface area contributed by atoms with E-state index < -0.39 is 11.7 Å². The number of rotatable bonds is 4. The molecule has 1 saturated carbocycles. The standard InChI is InChI=1S/C26H31F3N2O/c27-26(28,29)22-7-6-20-8-14-31(18-21(20)17-22)15-11-24(23-5-1-4-13-30-23)12-16-32-25(19-24)9-2-3-10-25/h1,4-7,13,17H,2-3,8-12,14-16,18-19H2. The van der Waals surface area contributed by atoms with E-state index in [1.165, 1.54) is 25.0 Å².